The van der Waals surface area contributed by atoms with Gasteiger partial charge in [0.1, 0.15) is 22.3 Å². The number of para-hydroxylation sites is 1. The number of fused-ring (bicyclic) bond motifs is 10. The van der Waals surface area contributed by atoms with Crippen LogP contribution in [0, 0.1) is 0 Å². The second-order valence-corrected chi connectivity index (χ2v) is 14.5. The molecule has 0 bridgehead atoms. The van der Waals surface area contributed by atoms with E-state index in [0.717, 1.165) is 77.3 Å². The topological polar surface area (TPSA) is 29.5 Å². The van der Waals surface area contributed by atoms with E-state index in [4.69, 9.17) is 8.83 Å². The smallest absolute Gasteiger partial charge is 0.139 e. The highest BCUT2D eigenvalue weighted by atomic mass is 16.3. The Bertz CT molecular complexity index is 2960. The average Bonchev–Trinajstić information content (AvgIpc) is 3.73. The molecule has 10 rings (SSSR count). The molecule has 2 heterocycles. The van der Waals surface area contributed by atoms with E-state index in [1.807, 2.05) is 0 Å². The van der Waals surface area contributed by atoms with Crippen molar-refractivity contribution in [3.8, 4) is 11.1 Å². The Morgan fingerprint density at radius 3 is 1.96 bits per heavy atom. The zero-order valence-electron chi connectivity index (χ0n) is 28.8. The average molecular weight is 658 g/mol. The summed E-state index contributed by atoms with van der Waals surface area (Å²) in [6.07, 6.45) is 0. The number of nitrogens with zero attached hydrogens (tertiary/aromatic N) is 1. The first kappa shape index (κ1) is 29.6. The Morgan fingerprint density at radius 1 is 0.431 bits per heavy atom. The van der Waals surface area contributed by atoms with Gasteiger partial charge in [0.15, 0.2) is 0 Å². The molecule has 0 radical (unpaired) electrons. The maximum Gasteiger partial charge on any atom is 0.139 e. The fraction of sp³-hybridized carbons (Fsp3) is 0.0833. The first-order chi connectivity index (χ1) is 24.9. The van der Waals surface area contributed by atoms with E-state index < -0.39 is 0 Å². The Balaban J connectivity index is 1.27. The number of anilines is 3. The largest absolute Gasteiger partial charge is 0.456 e. The molecule has 3 nitrogen and oxygen atoms in total. The maximum atomic E-state index is 6.76. The zero-order valence-corrected chi connectivity index (χ0v) is 28.8. The standard InChI is InChI=1S/C48H35NO2/c1-48(2,3)40-22-12-21-39-37-25-24-34(28-43(37)51-47(39)40)49(33-17-11-16-32(27-33)30-13-5-4-6-14-30)41-29-44-46(38-20-10-9-19-36(38)41)45-35-18-8-7-15-31(35)23-26-42(45)50-44/h4-29H,1-3H3. The van der Waals surface area contributed by atoms with Crippen molar-refractivity contribution in [1.82, 2.24) is 0 Å². The predicted octanol–water partition coefficient (Wildman–Crippen LogP) is 14.2. The SMILES string of the molecule is CC(C)(C)c1cccc2c1oc1cc(N(c3cccc(-c4ccccc4)c3)c3cc4oc5ccc6ccccc6c5c4c4ccccc34)ccc12. The molecule has 0 fully saturated rings. The summed E-state index contributed by atoms with van der Waals surface area (Å²) in [5, 5.41) is 9.25. The lowest BCUT2D eigenvalue weighted by atomic mass is 9.86. The van der Waals surface area contributed by atoms with Crippen LogP contribution in [-0.2, 0) is 5.41 Å². The van der Waals surface area contributed by atoms with Crippen LogP contribution in [0.2, 0.25) is 0 Å². The fourth-order valence-corrected chi connectivity index (χ4v) is 7.97. The molecule has 0 aliphatic heterocycles. The second-order valence-electron chi connectivity index (χ2n) is 14.5. The Labute approximate surface area is 296 Å². The molecule has 0 atom stereocenters. The van der Waals surface area contributed by atoms with Crippen LogP contribution in [0.3, 0.4) is 0 Å². The molecule has 2 aromatic heterocycles. The maximum absolute atomic E-state index is 6.76. The van der Waals surface area contributed by atoms with Gasteiger partial charge in [0.05, 0.1) is 5.69 Å². The van der Waals surface area contributed by atoms with Crippen molar-refractivity contribution in [2.24, 2.45) is 0 Å². The monoisotopic (exact) mass is 657 g/mol. The molecular formula is C48H35NO2. The minimum absolute atomic E-state index is 0.0492. The lowest BCUT2D eigenvalue weighted by molar-refractivity contribution is 0.573. The van der Waals surface area contributed by atoms with Gasteiger partial charge in [0.2, 0.25) is 0 Å². The summed E-state index contributed by atoms with van der Waals surface area (Å²) in [7, 11) is 0. The molecule has 3 heteroatoms. The Hall–Kier alpha value is -6.32. The third-order valence-electron chi connectivity index (χ3n) is 10.3. The lowest BCUT2D eigenvalue weighted by Gasteiger charge is -2.27. The van der Waals surface area contributed by atoms with Crippen LogP contribution in [0.15, 0.2) is 167 Å². The van der Waals surface area contributed by atoms with Gasteiger partial charge in [-0.15, -0.1) is 0 Å². The highest BCUT2D eigenvalue weighted by molar-refractivity contribution is 6.28. The van der Waals surface area contributed by atoms with E-state index in [0.29, 0.717) is 0 Å². The molecule has 0 saturated heterocycles. The van der Waals surface area contributed by atoms with E-state index in [9.17, 15) is 0 Å². The van der Waals surface area contributed by atoms with Crippen LogP contribution in [0.1, 0.15) is 26.3 Å². The molecule has 0 amide bonds. The Kier molecular flexibility index (Phi) is 6.44. The molecule has 10 aromatic rings. The number of rotatable bonds is 4. The van der Waals surface area contributed by atoms with E-state index in [1.54, 1.807) is 0 Å². The van der Waals surface area contributed by atoms with Gasteiger partial charge in [0, 0.05) is 56.0 Å². The highest BCUT2D eigenvalue weighted by Crippen LogP contribution is 2.47. The van der Waals surface area contributed by atoms with Crippen molar-refractivity contribution in [2.45, 2.75) is 26.2 Å². The van der Waals surface area contributed by atoms with Crippen molar-refractivity contribution in [2.75, 3.05) is 4.90 Å². The molecule has 0 aliphatic carbocycles. The minimum Gasteiger partial charge on any atom is -0.456 e. The molecule has 244 valence electrons. The third kappa shape index (κ3) is 4.65. The van der Waals surface area contributed by atoms with Crippen molar-refractivity contribution >= 4 is 82.5 Å². The van der Waals surface area contributed by atoms with Crippen LogP contribution >= 0.6 is 0 Å². The second kappa shape index (κ2) is 11.1. The summed E-state index contributed by atoms with van der Waals surface area (Å²) in [5.74, 6) is 0. The molecule has 51 heavy (non-hydrogen) atoms. The molecule has 0 spiro atoms. The number of hydrogen-bond acceptors (Lipinski definition) is 3. The van der Waals surface area contributed by atoms with Gasteiger partial charge < -0.3 is 13.7 Å². The molecule has 0 saturated carbocycles. The van der Waals surface area contributed by atoms with Crippen LogP contribution in [0.5, 0.6) is 0 Å². The first-order valence-corrected chi connectivity index (χ1v) is 17.6. The fourth-order valence-electron chi connectivity index (χ4n) is 7.97. The lowest BCUT2D eigenvalue weighted by Crippen LogP contribution is -2.10. The van der Waals surface area contributed by atoms with Gasteiger partial charge in [-0.3, -0.25) is 0 Å². The van der Waals surface area contributed by atoms with Crippen molar-refractivity contribution in [1.29, 1.82) is 0 Å². The van der Waals surface area contributed by atoms with Crippen LogP contribution < -0.4 is 4.90 Å². The molecule has 8 aromatic carbocycles. The number of furan rings is 2. The Morgan fingerprint density at radius 2 is 1.12 bits per heavy atom. The van der Waals surface area contributed by atoms with Gasteiger partial charge in [0.25, 0.3) is 0 Å². The molecule has 0 unspecified atom stereocenters. The summed E-state index contributed by atoms with van der Waals surface area (Å²) in [6, 6.07) is 56.3. The summed E-state index contributed by atoms with van der Waals surface area (Å²) in [6.45, 7) is 6.72. The highest BCUT2D eigenvalue weighted by Gasteiger charge is 2.24. The van der Waals surface area contributed by atoms with E-state index in [1.165, 1.54) is 21.9 Å². The van der Waals surface area contributed by atoms with Crippen molar-refractivity contribution in [3.63, 3.8) is 0 Å². The predicted molar refractivity (Wildman–Crippen MR) is 215 cm³/mol. The molecule has 0 N–H and O–H groups in total. The summed E-state index contributed by atoms with van der Waals surface area (Å²) >= 11 is 0. The van der Waals surface area contributed by atoms with Crippen LogP contribution in [0.4, 0.5) is 17.1 Å². The zero-order chi connectivity index (χ0) is 34.3. The van der Waals surface area contributed by atoms with Crippen LogP contribution in [0.25, 0.3) is 76.5 Å². The quantitative estimate of drug-likeness (QED) is 0.189. The van der Waals surface area contributed by atoms with E-state index in [2.05, 4.69) is 183 Å². The van der Waals surface area contributed by atoms with Gasteiger partial charge in [-0.25, -0.2) is 0 Å². The number of hydrogen-bond donors (Lipinski definition) is 0. The van der Waals surface area contributed by atoms with Gasteiger partial charge in [-0.05, 0) is 63.0 Å². The van der Waals surface area contributed by atoms with Crippen LogP contribution in [-0.4, -0.2) is 0 Å². The molecule has 0 aliphatic rings. The van der Waals surface area contributed by atoms with Gasteiger partial charge >= 0.3 is 0 Å². The van der Waals surface area contributed by atoms with E-state index >= 15 is 0 Å². The summed E-state index contributed by atoms with van der Waals surface area (Å²) in [5.41, 5.74) is 10.2. The normalized spacial score (nSPS) is 12.2. The van der Waals surface area contributed by atoms with Gasteiger partial charge in [-0.1, -0.05) is 136 Å². The molecular weight excluding hydrogens is 623 g/mol. The first-order valence-electron chi connectivity index (χ1n) is 17.6. The number of benzene rings is 8. The van der Waals surface area contributed by atoms with Gasteiger partial charge in [-0.2, -0.15) is 0 Å². The van der Waals surface area contributed by atoms with Crippen molar-refractivity contribution < 1.29 is 8.83 Å². The van der Waals surface area contributed by atoms with Crippen molar-refractivity contribution in [3.05, 3.63) is 163 Å². The van der Waals surface area contributed by atoms with E-state index in [-0.39, 0.29) is 5.41 Å². The summed E-state index contributed by atoms with van der Waals surface area (Å²) < 4.78 is 13.5. The summed E-state index contributed by atoms with van der Waals surface area (Å²) in [4.78, 5) is 2.36. The minimum atomic E-state index is -0.0492. The third-order valence-corrected chi connectivity index (χ3v) is 10.3.